The Bertz CT molecular complexity index is 761. The van der Waals surface area contributed by atoms with Gasteiger partial charge in [0.15, 0.2) is 5.16 Å². The minimum absolute atomic E-state index is 0.0672. The molecule has 0 bridgehead atoms. The maximum atomic E-state index is 12.2. The highest BCUT2D eigenvalue weighted by molar-refractivity contribution is 7.99. The third kappa shape index (κ3) is 5.89. The Morgan fingerprint density at radius 1 is 1.31 bits per heavy atom. The number of imidazole rings is 1. The van der Waals surface area contributed by atoms with Crippen LogP contribution in [0.25, 0.3) is 0 Å². The summed E-state index contributed by atoms with van der Waals surface area (Å²) < 4.78 is 1.63. The first kappa shape index (κ1) is 20.0. The Morgan fingerprint density at radius 2 is 2.12 bits per heavy atom. The smallest absolute Gasteiger partial charge is 0.240 e. The van der Waals surface area contributed by atoms with E-state index in [2.05, 4.69) is 15.6 Å². The normalized spacial score (nSPS) is 10.6. The quantitative estimate of drug-likeness (QED) is 0.581. The van der Waals surface area contributed by atoms with Crippen molar-refractivity contribution in [3.05, 3.63) is 41.7 Å². The largest absolute Gasteiger partial charge is 0.390 e. The van der Waals surface area contributed by atoms with Gasteiger partial charge in [-0.2, -0.15) is 0 Å². The third-order valence-electron chi connectivity index (χ3n) is 3.57. The lowest BCUT2D eigenvalue weighted by molar-refractivity contribution is -0.121. The lowest BCUT2D eigenvalue weighted by Crippen LogP contribution is -2.29. The second-order valence-corrected chi connectivity index (χ2v) is 6.78. The maximum absolute atomic E-state index is 12.2. The fourth-order valence-electron chi connectivity index (χ4n) is 2.32. The SMILES string of the molecule is CCCNC(=O)Cn1c(CO)cnc1SCC(=O)Nc1cccc(C)c1. The van der Waals surface area contributed by atoms with E-state index in [0.717, 1.165) is 17.7 Å². The number of aromatic nitrogens is 2. The Balaban J connectivity index is 1.97. The summed E-state index contributed by atoms with van der Waals surface area (Å²) in [5.74, 6) is -0.145. The van der Waals surface area contributed by atoms with E-state index in [1.54, 1.807) is 4.57 Å². The van der Waals surface area contributed by atoms with Crippen LogP contribution in [0.1, 0.15) is 24.6 Å². The van der Waals surface area contributed by atoms with Gasteiger partial charge in [0, 0.05) is 12.2 Å². The minimum atomic E-state index is -0.218. The van der Waals surface area contributed by atoms with Crippen molar-refractivity contribution in [3.63, 3.8) is 0 Å². The van der Waals surface area contributed by atoms with Crippen molar-refractivity contribution in [2.75, 3.05) is 17.6 Å². The highest BCUT2D eigenvalue weighted by atomic mass is 32.2. The number of amides is 2. The topological polar surface area (TPSA) is 96.2 Å². The van der Waals surface area contributed by atoms with Gasteiger partial charge in [0.1, 0.15) is 6.54 Å². The highest BCUT2D eigenvalue weighted by Gasteiger charge is 2.14. The zero-order valence-corrected chi connectivity index (χ0v) is 15.8. The van der Waals surface area contributed by atoms with Crippen LogP contribution in [0.2, 0.25) is 0 Å². The molecule has 1 aromatic carbocycles. The molecular formula is C18H24N4O3S. The van der Waals surface area contributed by atoms with Gasteiger partial charge in [0.05, 0.1) is 24.3 Å². The average molecular weight is 376 g/mol. The minimum Gasteiger partial charge on any atom is -0.390 e. The molecule has 140 valence electrons. The van der Waals surface area contributed by atoms with Crippen LogP contribution in [0.3, 0.4) is 0 Å². The zero-order chi connectivity index (χ0) is 18.9. The number of hydrogen-bond acceptors (Lipinski definition) is 5. The van der Waals surface area contributed by atoms with Gasteiger partial charge in [-0.25, -0.2) is 4.98 Å². The number of nitrogens with zero attached hydrogens (tertiary/aromatic N) is 2. The molecule has 3 N–H and O–H groups in total. The molecule has 0 aliphatic rings. The summed E-state index contributed by atoms with van der Waals surface area (Å²) in [5, 5.41) is 15.6. The van der Waals surface area contributed by atoms with Crippen LogP contribution in [0.4, 0.5) is 5.69 Å². The molecule has 0 spiro atoms. The maximum Gasteiger partial charge on any atom is 0.240 e. The second-order valence-electron chi connectivity index (χ2n) is 5.83. The van der Waals surface area contributed by atoms with E-state index in [1.165, 1.54) is 18.0 Å². The Morgan fingerprint density at radius 3 is 2.81 bits per heavy atom. The van der Waals surface area contributed by atoms with Crippen molar-refractivity contribution in [2.24, 2.45) is 0 Å². The van der Waals surface area contributed by atoms with Gasteiger partial charge in [-0.1, -0.05) is 30.8 Å². The molecule has 0 saturated heterocycles. The number of hydrogen-bond donors (Lipinski definition) is 3. The molecule has 0 saturated carbocycles. The molecule has 26 heavy (non-hydrogen) atoms. The summed E-state index contributed by atoms with van der Waals surface area (Å²) in [6.45, 7) is 4.39. The first-order valence-corrected chi connectivity index (χ1v) is 9.43. The van der Waals surface area contributed by atoms with Gasteiger partial charge < -0.3 is 20.3 Å². The first-order chi connectivity index (χ1) is 12.5. The third-order valence-corrected chi connectivity index (χ3v) is 4.56. The lowest BCUT2D eigenvalue weighted by Gasteiger charge is -2.11. The molecule has 0 radical (unpaired) electrons. The molecular weight excluding hydrogens is 352 g/mol. The molecule has 8 heteroatoms. The summed E-state index contributed by atoms with van der Waals surface area (Å²) in [7, 11) is 0. The number of rotatable bonds is 9. The fourth-order valence-corrected chi connectivity index (χ4v) is 3.11. The standard InChI is InChI=1S/C18H24N4O3S/c1-3-7-19-16(24)10-22-15(11-23)9-20-18(22)26-12-17(25)21-14-6-4-5-13(2)8-14/h4-6,8-9,23H,3,7,10-12H2,1-2H3,(H,19,24)(H,21,25). The fraction of sp³-hybridized carbons (Fsp3) is 0.389. The van der Waals surface area contributed by atoms with E-state index in [1.807, 2.05) is 38.1 Å². The van der Waals surface area contributed by atoms with Crippen LogP contribution in [0.5, 0.6) is 0 Å². The van der Waals surface area contributed by atoms with Crippen molar-refractivity contribution >= 4 is 29.3 Å². The second kappa shape index (κ2) is 9.98. The Kier molecular flexibility index (Phi) is 7.68. The monoisotopic (exact) mass is 376 g/mol. The summed E-state index contributed by atoms with van der Waals surface area (Å²) in [6.07, 6.45) is 2.37. The van der Waals surface area contributed by atoms with Crippen molar-refractivity contribution in [3.8, 4) is 0 Å². The predicted molar refractivity (Wildman–Crippen MR) is 102 cm³/mol. The van der Waals surface area contributed by atoms with Crippen LogP contribution >= 0.6 is 11.8 Å². The van der Waals surface area contributed by atoms with Gasteiger partial charge in [0.25, 0.3) is 0 Å². The van der Waals surface area contributed by atoms with Crippen molar-refractivity contribution in [1.82, 2.24) is 14.9 Å². The Labute approximate surface area is 157 Å². The van der Waals surface area contributed by atoms with Crippen molar-refractivity contribution in [1.29, 1.82) is 0 Å². The summed E-state index contributed by atoms with van der Waals surface area (Å²) in [4.78, 5) is 28.3. The van der Waals surface area contributed by atoms with E-state index >= 15 is 0 Å². The number of aryl methyl sites for hydroxylation is 1. The number of benzene rings is 1. The average Bonchev–Trinajstić information content (AvgIpc) is 3.00. The summed E-state index contributed by atoms with van der Waals surface area (Å²) in [5.41, 5.74) is 2.35. The van der Waals surface area contributed by atoms with E-state index in [9.17, 15) is 14.7 Å². The van der Waals surface area contributed by atoms with Crippen LogP contribution in [0, 0.1) is 6.92 Å². The highest BCUT2D eigenvalue weighted by Crippen LogP contribution is 2.19. The Hall–Kier alpha value is -2.32. The number of carbonyl (C=O) groups excluding carboxylic acids is 2. The predicted octanol–water partition coefficient (Wildman–Crippen LogP) is 1.94. The van der Waals surface area contributed by atoms with Crippen LogP contribution < -0.4 is 10.6 Å². The van der Waals surface area contributed by atoms with E-state index in [4.69, 9.17) is 0 Å². The van der Waals surface area contributed by atoms with E-state index < -0.39 is 0 Å². The molecule has 2 rings (SSSR count). The van der Waals surface area contributed by atoms with Crippen molar-refractivity contribution < 1.29 is 14.7 Å². The van der Waals surface area contributed by atoms with Crippen LogP contribution in [0.15, 0.2) is 35.6 Å². The number of anilines is 1. The van der Waals surface area contributed by atoms with Gasteiger partial charge in [-0.05, 0) is 31.0 Å². The number of thioether (sulfide) groups is 1. The molecule has 1 aromatic heterocycles. The molecule has 7 nitrogen and oxygen atoms in total. The molecule has 2 amide bonds. The molecule has 0 aliphatic heterocycles. The van der Waals surface area contributed by atoms with Crippen LogP contribution in [-0.4, -0.2) is 38.8 Å². The molecule has 2 aromatic rings. The summed E-state index contributed by atoms with van der Waals surface area (Å²) >= 11 is 1.23. The number of aliphatic hydroxyl groups excluding tert-OH is 1. The first-order valence-electron chi connectivity index (χ1n) is 8.44. The lowest BCUT2D eigenvalue weighted by atomic mass is 10.2. The number of aliphatic hydroxyl groups is 1. The van der Waals surface area contributed by atoms with Crippen molar-refractivity contribution in [2.45, 2.75) is 38.6 Å². The van der Waals surface area contributed by atoms with Crippen LogP contribution in [-0.2, 0) is 22.7 Å². The van der Waals surface area contributed by atoms with Gasteiger partial charge in [-0.15, -0.1) is 0 Å². The molecule has 0 atom stereocenters. The molecule has 0 unspecified atom stereocenters. The van der Waals surface area contributed by atoms with Gasteiger partial charge in [0.2, 0.25) is 11.8 Å². The molecule has 1 heterocycles. The number of nitrogens with one attached hydrogen (secondary N) is 2. The number of carbonyl (C=O) groups is 2. The van der Waals surface area contributed by atoms with Gasteiger partial charge in [-0.3, -0.25) is 9.59 Å². The summed E-state index contributed by atoms with van der Waals surface area (Å²) in [6, 6.07) is 7.57. The van der Waals surface area contributed by atoms with E-state index in [-0.39, 0.29) is 30.7 Å². The molecule has 0 fully saturated rings. The molecule has 0 aliphatic carbocycles. The van der Waals surface area contributed by atoms with E-state index in [0.29, 0.717) is 17.4 Å². The zero-order valence-electron chi connectivity index (χ0n) is 15.0. The van der Waals surface area contributed by atoms with Gasteiger partial charge >= 0.3 is 0 Å².